The average molecular weight is 304 g/mol. The maximum Gasteiger partial charge on any atom is 0.0719 e. The van der Waals surface area contributed by atoms with Gasteiger partial charge in [0.25, 0.3) is 0 Å². The van der Waals surface area contributed by atoms with Gasteiger partial charge < -0.3 is 9.57 Å². The molecule has 2 rings (SSSR count). The molecule has 16 heavy (non-hydrogen) atoms. The Hall–Kier alpha value is -0.0700. The highest BCUT2D eigenvalue weighted by Crippen LogP contribution is 2.34. The van der Waals surface area contributed by atoms with Crippen molar-refractivity contribution in [3.05, 3.63) is 28.2 Å². The number of benzene rings is 1. The van der Waals surface area contributed by atoms with Gasteiger partial charge in [-0.25, -0.2) is 5.90 Å². The fourth-order valence-electron chi connectivity index (χ4n) is 1.43. The van der Waals surface area contributed by atoms with Gasteiger partial charge in [-0.2, -0.15) is 0 Å². The highest BCUT2D eigenvalue weighted by molar-refractivity contribution is 9.10. The Bertz CT molecular complexity index is 358. The Labute approximate surface area is 108 Å². The van der Waals surface area contributed by atoms with Crippen molar-refractivity contribution in [3.63, 3.8) is 0 Å². The minimum absolute atomic E-state index is 0.551. The van der Waals surface area contributed by atoms with Gasteiger partial charge in [0.2, 0.25) is 0 Å². The fraction of sp³-hybridized carbons (Fsp3) is 0.455. The van der Waals surface area contributed by atoms with Crippen molar-refractivity contribution in [2.75, 3.05) is 19.8 Å². The Morgan fingerprint density at radius 2 is 2.31 bits per heavy atom. The van der Waals surface area contributed by atoms with Gasteiger partial charge in [-0.1, -0.05) is 6.07 Å². The van der Waals surface area contributed by atoms with Gasteiger partial charge in [0.1, 0.15) is 0 Å². The van der Waals surface area contributed by atoms with Crippen LogP contribution < -0.4 is 5.90 Å². The molecule has 1 fully saturated rings. The summed E-state index contributed by atoms with van der Waals surface area (Å²) in [6.45, 7) is 2.27. The summed E-state index contributed by atoms with van der Waals surface area (Å²) in [5.41, 5.74) is 1.23. The summed E-state index contributed by atoms with van der Waals surface area (Å²) < 4.78 is 6.30. The van der Waals surface area contributed by atoms with E-state index in [1.165, 1.54) is 10.5 Å². The van der Waals surface area contributed by atoms with E-state index in [2.05, 4.69) is 39.0 Å². The summed E-state index contributed by atoms with van der Waals surface area (Å²) >= 11 is 5.45. The first-order valence-corrected chi connectivity index (χ1v) is 6.81. The lowest BCUT2D eigenvalue weighted by Gasteiger charge is -2.25. The van der Waals surface area contributed by atoms with E-state index in [1.54, 1.807) is 0 Å². The van der Waals surface area contributed by atoms with Gasteiger partial charge in [-0.05, 0) is 40.0 Å². The predicted octanol–water partition coefficient (Wildman–Crippen LogP) is 2.37. The summed E-state index contributed by atoms with van der Waals surface area (Å²) in [7, 11) is 0. The molecule has 0 bridgehead atoms. The third kappa shape index (κ3) is 3.21. The lowest BCUT2D eigenvalue weighted by atomic mass is 10.2. The smallest absolute Gasteiger partial charge is 0.0719 e. The molecule has 2 N–H and O–H groups in total. The molecule has 0 unspecified atom stereocenters. The third-order valence-electron chi connectivity index (χ3n) is 2.41. The quantitative estimate of drug-likeness (QED) is 0.848. The molecule has 1 aliphatic heterocycles. The molecule has 0 aliphatic carbocycles. The molecule has 1 heterocycles. The molecule has 3 nitrogen and oxygen atoms in total. The van der Waals surface area contributed by atoms with Crippen LogP contribution in [-0.4, -0.2) is 25.1 Å². The monoisotopic (exact) mass is 303 g/mol. The zero-order valence-electron chi connectivity index (χ0n) is 8.82. The van der Waals surface area contributed by atoms with Crippen molar-refractivity contribution in [1.82, 2.24) is 0 Å². The zero-order valence-corrected chi connectivity index (χ0v) is 11.2. The molecule has 0 atom stereocenters. The second-order valence-corrected chi connectivity index (χ2v) is 5.86. The molecule has 1 aromatic rings. The Morgan fingerprint density at radius 1 is 1.50 bits per heavy atom. The Balaban J connectivity index is 1.97. The van der Waals surface area contributed by atoms with E-state index in [4.69, 9.17) is 10.6 Å². The van der Waals surface area contributed by atoms with E-state index >= 15 is 0 Å². The summed E-state index contributed by atoms with van der Waals surface area (Å²) in [6.07, 6.45) is 0.840. The normalized spacial score (nSPS) is 16.1. The number of rotatable bonds is 5. The van der Waals surface area contributed by atoms with Crippen LogP contribution in [0, 0.1) is 0 Å². The zero-order chi connectivity index (χ0) is 11.4. The van der Waals surface area contributed by atoms with E-state index in [9.17, 15) is 0 Å². The molecule has 88 valence electrons. The van der Waals surface area contributed by atoms with Crippen molar-refractivity contribution in [3.8, 4) is 0 Å². The number of halogens is 1. The second kappa shape index (κ2) is 6.02. The number of thioether (sulfide) groups is 1. The van der Waals surface area contributed by atoms with E-state index in [-0.39, 0.29) is 0 Å². The van der Waals surface area contributed by atoms with Crippen molar-refractivity contribution in [2.45, 2.75) is 16.6 Å². The molecular formula is C11H14BrNO2S. The number of ether oxygens (including phenoxy) is 1. The summed E-state index contributed by atoms with van der Waals surface area (Å²) in [4.78, 5) is 5.84. The molecule has 0 saturated carbocycles. The maximum absolute atomic E-state index is 5.16. The van der Waals surface area contributed by atoms with Crippen LogP contribution >= 0.6 is 27.7 Å². The van der Waals surface area contributed by atoms with Crippen LogP contribution in [-0.2, 0) is 16.0 Å². The topological polar surface area (TPSA) is 44.5 Å². The van der Waals surface area contributed by atoms with E-state index in [1.807, 2.05) is 11.8 Å². The standard InChI is InChI=1S/C11H14BrNO2S/c12-10-5-8(3-4-15-13)1-2-11(10)16-9-6-14-7-9/h1-2,5,9H,3-4,6-7,13H2. The SMILES string of the molecule is NOCCc1ccc(SC2COC2)c(Br)c1. The Kier molecular flexibility index (Phi) is 4.66. The largest absolute Gasteiger partial charge is 0.379 e. The van der Waals surface area contributed by atoms with Gasteiger partial charge in [0.15, 0.2) is 0 Å². The predicted molar refractivity (Wildman–Crippen MR) is 68.4 cm³/mol. The minimum Gasteiger partial charge on any atom is -0.379 e. The van der Waals surface area contributed by atoms with Crippen molar-refractivity contribution >= 4 is 27.7 Å². The van der Waals surface area contributed by atoms with Gasteiger partial charge in [-0.15, -0.1) is 11.8 Å². The molecule has 0 aromatic heterocycles. The lowest BCUT2D eigenvalue weighted by Crippen LogP contribution is -2.30. The molecular weight excluding hydrogens is 290 g/mol. The van der Waals surface area contributed by atoms with Crippen LogP contribution in [0.15, 0.2) is 27.6 Å². The van der Waals surface area contributed by atoms with E-state index < -0.39 is 0 Å². The highest BCUT2D eigenvalue weighted by Gasteiger charge is 2.20. The first kappa shape index (κ1) is 12.4. The van der Waals surface area contributed by atoms with Crippen molar-refractivity contribution in [2.24, 2.45) is 5.90 Å². The van der Waals surface area contributed by atoms with Crippen molar-refractivity contribution in [1.29, 1.82) is 0 Å². The first-order valence-electron chi connectivity index (χ1n) is 5.14. The maximum atomic E-state index is 5.16. The average Bonchev–Trinajstić information content (AvgIpc) is 2.22. The molecule has 0 radical (unpaired) electrons. The van der Waals surface area contributed by atoms with Gasteiger partial charge >= 0.3 is 0 Å². The number of nitrogens with two attached hydrogens (primary N) is 1. The van der Waals surface area contributed by atoms with Crippen molar-refractivity contribution < 1.29 is 9.57 Å². The molecule has 5 heteroatoms. The fourth-order valence-corrected chi connectivity index (χ4v) is 3.15. The van der Waals surface area contributed by atoms with Crippen LogP contribution in [0.25, 0.3) is 0 Å². The minimum atomic E-state index is 0.551. The first-order chi connectivity index (χ1) is 7.79. The number of hydrogen-bond acceptors (Lipinski definition) is 4. The van der Waals surface area contributed by atoms with Crippen LogP contribution in [0.1, 0.15) is 5.56 Å². The van der Waals surface area contributed by atoms with E-state index in [0.29, 0.717) is 11.9 Å². The van der Waals surface area contributed by atoms with Gasteiger partial charge in [-0.3, -0.25) is 0 Å². The summed E-state index contributed by atoms with van der Waals surface area (Å²) in [5, 5.41) is 0.606. The van der Waals surface area contributed by atoms with Crippen LogP contribution in [0.4, 0.5) is 0 Å². The Morgan fingerprint density at radius 3 is 2.88 bits per heavy atom. The van der Waals surface area contributed by atoms with Crippen LogP contribution in [0.5, 0.6) is 0 Å². The summed E-state index contributed by atoms with van der Waals surface area (Å²) in [6, 6.07) is 6.38. The lowest BCUT2D eigenvalue weighted by molar-refractivity contribution is 0.0455. The molecule has 1 saturated heterocycles. The third-order valence-corrected chi connectivity index (χ3v) is 4.54. The molecule has 1 aliphatic rings. The molecule has 0 amide bonds. The van der Waals surface area contributed by atoms with Gasteiger partial charge in [0.05, 0.1) is 25.1 Å². The summed E-state index contributed by atoms with van der Waals surface area (Å²) in [5.74, 6) is 5.01. The highest BCUT2D eigenvalue weighted by atomic mass is 79.9. The van der Waals surface area contributed by atoms with E-state index in [0.717, 1.165) is 24.1 Å². The van der Waals surface area contributed by atoms with Gasteiger partial charge in [0, 0.05) is 9.37 Å². The second-order valence-electron chi connectivity index (χ2n) is 3.66. The molecule has 1 aromatic carbocycles. The van der Waals surface area contributed by atoms with Crippen LogP contribution in [0.3, 0.4) is 0 Å². The number of hydrogen-bond donors (Lipinski definition) is 1. The van der Waals surface area contributed by atoms with Crippen LogP contribution in [0.2, 0.25) is 0 Å². The molecule has 0 spiro atoms.